The van der Waals surface area contributed by atoms with E-state index in [9.17, 15) is 9.59 Å². The third-order valence-corrected chi connectivity index (χ3v) is 7.98. The molecule has 2 N–H and O–H groups in total. The highest BCUT2D eigenvalue weighted by Gasteiger charge is 2.24. The standard InChI is InChI=1S/C18H15N3O3.C12H9NO3S.C8H10/c1-21(13-5-3-2-4-6-13)18-19-14(17(22)20-18)9-12-7-8-15-16(10-12)24-11-23-15;14-12-8(5-11(17)13-12)3-7-1-2-9-10(4-7)16-6-15-9;1-2-8-6-4-3-5-7-8/h2-10H,11H2,1H3,(H,19,20,22);1-4H,5-6H2,(H,13,14,17);3-7H,2H2,1H3/b14-9-;8-3+;. The second-order valence-corrected chi connectivity index (χ2v) is 11.6. The zero-order valence-corrected chi connectivity index (χ0v) is 27.8. The van der Waals surface area contributed by atoms with Crippen LogP contribution in [0.4, 0.5) is 5.69 Å². The molecular formula is C38H34N4O6S. The first-order valence-corrected chi connectivity index (χ1v) is 16.1. The van der Waals surface area contributed by atoms with Crippen LogP contribution in [0.25, 0.3) is 12.2 Å². The van der Waals surface area contributed by atoms with E-state index in [1.807, 2.05) is 90.8 Å². The van der Waals surface area contributed by atoms with Gasteiger partial charge >= 0.3 is 0 Å². The van der Waals surface area contributed by atoms with Crippen LogP contribution in [0.15, 0.2) is 113 Å². The minimum atomic E-state index is -0.231. The van der Waals surface area contributed by atoms with Crippen LogP contribution in [0.3, 0.4) is 0 Å². The molecule has 49 heavy (non-hydrogen) atoms. The molecule has 248 valence electrons. The van der Waals surface area contributed by atoms with Gasteiger partial charge < -0.3 is 29.2 Å². The summed E-state index contributed by atoms with van der Waals surface area (Å²) in [5, 5.41) is 5.40. The van der Waals surface area contributed by atoms with Crippen molar-refractivity contribution in [1.82, 2.24) is 10.6 Å². The first-order valence-electron chi connectivity index (χ1n) is 15.6. The zero-order chi connectivity index (χ0) is 34.2. The fraction of sp³-hybridized carbons (Fsp3) is 0.158. The highest BCUT2D eigenvalue weighted by atomic mass is 32.1. The number of benzene rings is 4. The molecule has 0 aliphatic carbocycles. The number of thiocarbonyl (C=S) groups is 1. The van der Waals surface area contributed by atoms with Crippen LogP contribution in [0.5, 0.6) is 23.0 Å². The molecule has 0 spiro atoms. The van der Waals surface area contributed by atoms with E-state index in [1.54, 1.807) is 6.08 Å². The number of hydrogen-bond donors (Lipinski definition) is 2. The number of carbonyl (C=O) groups excluding carboxylic acids is 2. The fourth-order valence-electron chi connectivity index (χ4n) is 5.09. The average molecular weight is 675 g/mol. The predicted molar refractivity (Wildman–Crippen MR) is 193 cm³/mol. The van der Waals surface area contributed by atoms with Gasteiger partial charge in [-0.3, -0.25) is 14.9 Å². The summed E-state index contributed by atoms with van der Waals surface area (Å²) in [6, 6.07) is 31.3. The number of hydrogen-bond acceptors (Lipinski definition) is 9. The number of ether oxygens (including phenoxy) is 4. The second-order valence-electron chi connectivity index (χ2n) is 11.1. The largest absolute Gasteiger partial charge is 0.454 e. The number of nitrogens with one attached hydrogen (secondary N) is 2. The van der Waals surface area contributed by atoms with Crippen molar-refractivity contribution in [2.24, 2.45) is 4.99 Å². The van der Waals surface area contributed by atoms with Gasteiger partial charge in [-0.25, -0.2) is 4.99 Å². The van der Waals surface area contributed by atoms with Gasteiger partial charge in [-0.15, -0.1) is 0 Å². The molecule has 4 aliphatic heterocycles. The van der Waals surface area contributed by atoms with Crippen LogP contribution < -0.4 is 34.5 Å². The number of anilines is 1. The van der Waals surface area contributed by atoms with Crippen molar-refractivity contribution in [3.05, 3.63) is 125 Å². The molecule has 4 aromatic carbocycles. The maximum atomic E-state index is 12.2. The lowest BCUT2D eigenvalue weighted by Gasteiger charge is -2.17. The van der Waals surface area contributed by atoms with Gasteiger partial charge in [-0.1, -0.05) is 79.8 Å². The maximum absolute atomic E-state index is 12.2. The SMILES string of the molecule is CCc1ccccc1.CN(C1=N/C(=C\c2ccc3c(c2)OCO3)C(=O)N1)c1ccccc1.O=C1NC(=S)C/C1=C\c1ccc2c(c1)OCO2. The van der Waals surface area contributed by atoms with Gasteiger partial charge in [0.05, 0.1) is 4.99 Å². The molecule has 4 heterocycles. The summed E-state index contributed by atoms with van der Waals surface area (Å²) in [7, 11) is 1.86. The Morgan fingerprint density at radius 1 is 0.735 bits per heavy atom. The third kappa shape index (κ3) is 8.32. The number of aliphatic imine (C=N–C) groups is 1. The Morgan fingerprint density at radius 3 is 1.86 bits per heavy atom. The lowest BCUT2D eigenvalue weighted by Crippen LogP contribution is -2.37. The summed E-state index contributed by atoms with van der Waals surface area (Å²) < 4.78 is 21.1. The van der Waals surface area contributed by atoms with E-state index in [0.717, 1.165) is 29.0 Å². The van der Waals surface area contributed by atoms with Crippen molar-refractivity contribution in [3.8, 4) is 23.0 Å². The van der Waals surface area contributed by atoms with Gasteiger partial charge in [-0.2, -0.15) is 0 Å². The number of para-hydroxylation sites is 1. The van der Waals surface area contributed by atoms with E-state index in [4.69, 9.17) is 31.2 Å². The molecule has 0 saturated carbocycles. The van der Waals surface area contributed by atoms with E-state index in [-0.39, 0.29) is 25.4 Å². The molecule has 1 saturated heterocycles. The Balaban J connectivity index is 0.000000144. The molecule has 2 amide bonds. The summed E-state index contributed by atoms with van der Waals surface area (Å²) >= 11 is 4.95. The summed E-state index contributed by atoms with van der Waals surface area (Å²) in [6.45, 7) is 2.63. The lowest BCUT2D eigenvalue weighted by molar-refractivity contribution is -0.116. The Kier molecular flexibility index (Phi) is 10.3. The molecule has 10 nitrogen and oxygen atoms in total. The molecule has 0 bridgehead atoms. The number of guanidine groups is 1. The highest BCUT2D eigenvalue weighted by Crippen LogP contribution is 2.34. The zero-order valence-electron chi connectivity index (χ0n) is 27.0. The summed E-state index contributed by atoms with van der Waals surface area (Å²) in [5.41, 5.74) is 5.12. The van der Waals surface area contributed by atoms with Gasteiger partial charge in [0.25, 0.3) is 11.8 Å². The maximum Gasteiger partial charge on any atom is 0.276 e. The normalized spacial score (nSPS) is 16.7. The molecule has 8 rings (SSSR count). The number of fused-ring (bicyclic) bond motifs is 2. The summed E-state index contributed by atoms with van der Waals surface area (Å²) in [4.78, 5) is 30.5. The summed E-state index contributed by atoms with van der Waals surface area (Å²) in [5.74, 6) is 2.98. The minimum absolute atomic E-state index is 0.118. The van der Waals surface area contributed by atoms with Crippen LogP contribution in [0.2, 0.25) is 0 Å². The molecule has 0 atom stereocenters. The molecule has 11 heteroatoms. The second kappa shape index (κ2) is 15.3. The molecule has 0 unspecified atom stereocenters. The Bertz CT molecular complexity index is 1960. The smallest absolute Gasteiger partial charge is 0.276 e. The lowest BCUT2D eigenvalue weighted by atomic mass is 10.1. The van der Waals surface area contributed by atoms with Gasteiger partial charge in [0.1, 0.15) is 5.70 Å². The van der Waals surface area contributed by atoms with E-state index in [0.29, 0.717) is 45.9 Å². The van der Waals surface area contributed by atoms with E-state index < -0.39 is 0 Å². The van der Waals surface area contributed by atoms with Gasteiger partial charge in [0.2, 0.25) is 19.5 Å². The molecule has 0 radical (unpaired) electrons. The molecule has 4 aliphatic rings. The monoisotopic (exact) mass is 674 g/mol. The van der Waals surface area contributed by atoms with Crippen molar-refractivity contribution in [3.63, 3.8) is 0 Å². The van der Waals surface area contributed by atoms with Crippen molar-refractivity contribution in [2.75, 3.05) is 25.5 Å². The highest BCUT2D eigenvalue weighted by molar-refractivity contribution is 7.80. The van der Waals surface area contributed by atoms with Crippen molar-refractivity contribution in [2.45, 2.75) is 19.8 Å². The first kappa shape index (κ1) is 33.0. The number of aryl methyl sites for hydroxylation is 1. The number of nitrogens with zero attached hydrogens (tertiary/aromatic N) is 2. The Hall–Kier alpha value is -5.94. The van der Waals surface area contributed by atoms with Gasteiger partial charge in [0, 0.05) is 24.7 Å². The Labute approximate surface area is 289 Å². The third-order valence-electron chi connectivity index (χ3n) is 7.73. The van der Waals surface area contributed by atoms with E-state index >= 15 is 0 Å². The quantitative estimate of drug-likeness (QED) is 0.193. The number of carbonyl (C=O) groups is 2. The van der Waals surface area contributed by atoms with E-state index in [2.05, 4.69) is 46.8 Å². The summed E-state index contributed by atoms with van der Waals surface area (Å²) in [6.07, 6.45) is 5.18. The first-order chi connectivity index (χ1) is 23.9. The van der Waals surface area contributed by atoms with Crippen LogP contribution in [-0.2, 0) is 16.0 Å². The Morgan fingerprint density at radius 2 is 1.31 bits per heavy atom. The van der Waals surface area contributed by atoms with Crippen LogP contribution in [0, 0.1) is 0 Å². The minimum Gasteiger partial charge on any atom is -0.454 e. The van der Waals surface area contributed by atoms with Gasteiger partial charge in [-0.05, 0) is 71.7 Å². The average Bonchev–Trinajstić information content (AvgIpc) is 3.93. The van der Waals surface area contributed by atoms with Crippen molar-refractivity contribution in [1.29, 1.82) is 0 Å². The van der Waals surface area contributed by atoms with Crippen molar-refractivity contribution >= 4 is 52.8 Å². The molecule has 1 fully saturated rings. The fourth-order valence-corrected chi connectivity index (χ4v) is 5.34. The van der Waals surface area contributed by atoms with Crippen LogP contribution >= 0.6 is 12.2 Å². The molecule has 4 aromatic rings. The molecule has 0 aromatic heterocycles. The topological polar surface area (TPSA) is 111 Å². The van der Waals surface area contributed by atoms with Crippen LogP contribution in [-0.4, -0.2) is 43.4 Å². The van der Waals surface area contributed by atoms with Crippen LogP contribution in [0.1, 0.15) is 30.0 Å². The van der Waals surface area contributed by atoms with Crippen molar-refractivity contribution < 1.29 is 28.5 Å². The van der Waals surface area contributed by atoms with Gasteiger partial charge in [0.15, 0.2) is 23.0 Å². The predicted octanol–water partition coefficient (Wildman–Crippen LogP) is 6.27. The number of rotatable bonds is 4. The molecular weight excluding hydrogens is 641 g/mol. The number of amides is 2. The van der Waals surface area contributed by atoms with E-state index in [1.165, 1.54) is 5.56 Å².